The number of nitrogens with one attached hydrogen (secondary N) is 1. The third kappa shape index (κ3) is 6.12. The Kier molecular flexibility index (Phi) is 7.82. The van der Waals surface area contributed by atoms with Gasteiger partial charge in [-0.05, 0) is 32.1 Å². The van der Waals surface area contributed by atoms with Crippen LogP contribution in [0.5, 0.6) is 0 Å². The van der Waals surface area contributed by atoms with E-state index in [9.17, 15) is 4.79 Å². The number of carbonyl (C=O) groups excluding carboxylic acids is 1. The summed E-state index contributed by atoms with van der Waals surface area (Å²) >= 11 is 0. The number of rotatable bonds is 6. The molecule has 6 heteroatoms. The van der Waals surface area contributed by atoms with E-state index in [1.807, 2.05) is 0 Å². The number of morpholine rings is 1. The lowest BCUT2D eigenvalue weighted by Gasteiger charge is -2.36. The van der Waals surface area contributed by atoms with Crippen molar-refractivity contribution in [1.82, 2.24) is 15.1 Å². The van der Waals surface area contributed by atoms with Gasteiger partial charge in [-0.3, -0.25) is 4.90 Å². The Morgan fingerprint density at radius 2 is 1.64 bits per heavy atom. The number of carbonyl (C=O) groups is 1. The Balaban J connectivity index is 1.49. The molecule has 0 aromatic rings. The van der Waals surface area contributed by atoms with Crippen LogP contribution in [0, 0.1) is 0 Å². The van der Waals surface area contributed by atoms with Crippen molar-refractivity contribution in [2.24, 2.45) is 0 Å². The first-order valence-electron chi connectivity index (χ1n) is 10.3. The van der Waals surface area contributed by atoms with Gasteiger partial charge in [0, 0.05) is 51.5 Å². The fourth-order valence-corrected chi connectivity index (χ4v) is 4.24. The molecule has 25 heavy (non-hydrogen) atoms. The third-order valence-electron chi connectivity index (χ3n) is 5.80. The van der Waals surface area contributed by atoms with Gasteiger partial charge in [-0.25, -0.2) is 4.79 Å². The van der Waals surface area contributed by atoms with Crippen molar-refractivity contribution < 1.29 is 14.3 Å². The molecule has 0 unspecified atom stereocenters. The van der Waals surface area contributed by atoms with Crippen LogP contribution in [-0.4, -0.2) is 80.5 Å². The minimum atomic E-state index is 0.153. The first-order valence-corrected chi connectivity index (χ1v) is 10.3. The monoisotopic (exact) mass is 353 g/mol. The van der Waals surface area contributed by atoms with E-state index in [2.05, 4.69) is 15.1 Å². The van der Waals surface area contributed by atoms with E-state index in [-0.39, 0.29) is 6.03 Å². The van der Waals surface area contributed by atoms with E-state index >= 15 is 0 Å². The molecule has 144 valence electrons. The van der Waals surface area contributed by atoms with E-state index < -0.39 is 0 Å². The molecule has 1 N–H and O–H groups in total. The highest BCUT2D eigenvalue weighted by Gasteiger charge is 2.27. The highest BCUT2D eigenvalue weighted by Crippen LogP contribution is 2.20. The van der Waals surface area contributed by atoms with Crippen LogP contribution < -0.4 is 5.32 Å². The summed E-state index contributed by atoms with van der Waals surface area (Å²) in [6.07, 6.45) is 9.07. The van der Waals surface area contributed by atoms with Crippen molar-refractivity contribution >= 4 is 6.03 Å². The van der Waals surface area contributed by atoms with Crippen molar-refractivity contribution in [3.8, 4) is 0 Å². The quantitative estimate of drug-likeness (QED) is 0.796. The highest BCUT2D eigenvalue weighted by molar-refractivity contribution is 5.75. The first-order chi connectivity index (χ1) is 12.3. The summed E-state index contributed by atoms with van der Waals surface area (Å²) in [5.74, 6) is 0. The van der Waals surface area contributed by atoms with E-state index in [4.69, 9.17) is 9.47 Å². The van der Waals surface area contributed by atoms with Gasteiger partial charge in [0.05, 0.1) is 13.2 Å². The number of hydrogen-bond donors (Lipinski definition) is 1. The smallest absolute Gasteiger partial charge is 0.317 e. The Bertz CT molecular complexity index is 389. The third-order valence-corrected chi connectivity index (χ3v) is 5.80. The lowest BCUT2D eigenvalue weighted by molar-refractivity contribution is 0.0306. The number of hydrogen-bond acceptors (Lipinski definition) is 4. The molecular weight excluding hydrogens is 318 g/mol. The van der Waals surface area contributed by atoms with E-state index in [0.717, 1.165) is 84.7 Å². The number of ether oxygens (including phenoxy) is 2. The molecule has 0 bridgehead atoms. The first kappa shape index (κ1) is 18.9. The topological polar surface area (TPSA) is 54.0 Å². The summed E-state index contributed by atoms with van der Waals surface area (Å²) in [6.45, 7) is 7.18. The normalized spacial score (nSPS) is 24.2. The second kappa shape index (κ2) is 10.3. The molecular formula is C19H35N3O3. The predicted molar refractivity (Wildman–Crippen MR) is 97.8 cm³/mol. The molecule has 2 saturated heterocycles. The molecule has 0 radical (unpaired) electrons. The Morgan fingerprint density at radius 1 is 0.960 bits per heavy atom. The Labute approximate surface area is 152 Å². The lowest BCUT2D eigenvalue weighted by atomic mass is 9.95. The largest absolute Gasteiger partial charge is 0.381 e. The van der Waals surface area contributed by atoms with Crippen LogP contribution in [0.25, 0.3) is 0 Å². The Hall–Kier alpha value is -0.850. The molecule has 0 aromatic heterocycles. The maximum absolute atomic E-state index is 12.9. The zero-order chi connectivity index (χ0) is 17.3. The van der Waals surface area contributed by atoms with Crippen LogP contribution in [0.3, 0.4) is 0 Å². The van der Waals surface area contributed by atoms with Crippen molar-refractivity contribution in [1.29, 1.82) is 0 Å². The summed E-state index contributed by atoms with van der Waals surface area (Å²) in [6, 6.07) is 0.866. The number of nitrogens with zero attached hydrogens (tertiary/aromatic N) is 2. The molecule has 6 nitrogen and oxygen atoms in total. The van der Waals surface area contributed by atoms with Gasteiger partial charge in [0.2, 0.25) is 0 Å². The average Bonchev–Trinajstić information content (AvgIpc) is 2.67. The average molecular weight is 354 g/mol. The lowest BCUT2D eigenvalue weighted by Crippen LogP contribution is -2.52. The summed E-state index contributed by atoms with van der Waals surface area (Å²) in [5.41, 5.74) is 0. The molecule has 2 heterocycles. The number of urea groups is 1. The van der Waals surface area contributed by atoms with Gasteiger partial charge in [-0.1, -0.05) is 19.3 Å². The van der Waals surface area contributed by atoms with Crippen LogP contribution in [0.1, 0.15) is 51.4 Å². The summed E-state index contributed by atoms with van der Waals surface area (Å²) in [7, 11) is 0. The zero-order valence-electron chi connectivity index (χ0n) is 15.6. The Morgan fingerprint density at radius 3 is 2.36 bits per heavy atom. The maximum Gasteiger partial charge on any atom is 0.317 e. The van der Waals surface area contributed by atoms with Crippen molar-refractivity contribution in [2.45, 2.75) is 63.5 Å². The fourth-order valence-electron chi connectivity index (χ4n) is 4.24. The van der Waals surface area contributed by atoms with E-state index in [1.165, 1.54) is 19.3 Å². The molecule has 0 spiro atoms. The second-order valence-electron chi connectivity index (χ2n) is 7.63. The molecule has 3 fully saturated rings. The molecule has 1 aliphatic carbocycles. The predicted octanol–water partition coefficient (Wildman–Crippen LogP) is 2.23. The second-order valence-corrected chi connectivity index (χ2v) is 7.63. The van der Waals surface area contributed by atoms with Crippen LogP contribution in [0.15, 0.2) is 0 Å². The van der Waals surface area contributed by atoms with Crippen LogP contribution in [-0.2, 0) is 9.47 Å². The van der Waals surface area contributed by atoms with Gasteiger partial charge in [-0.2, -0.15) is 0 Å². The minimum absolute atomic E-state index is 0.153. The van der Waals surface area contributed by atoms with Crippen molar-refractivity contribution in [3.63, 3.8) is 0 Å². The van der Waals surface area contributed by atoms with Crippen molar-refractivity contribution in [2.75, 3.05) is 52.6 Å². The van der Waals surface area contributed by atoms with Crippen molar-refractivity contribution in [3.05, 3.63) is 0 Å². The molecule has 1 saturated carbocycles. The van der Waals surface area contributed by atoms with Gasteiger partial charge < -0.3 is 19.7 Å². The van der Waals surface area contributed by atoms with Gasteiger partial charge in [-0.15, -0.1) is 0 Å². The zero-order valence-corrected chi connectivity index (χ0v) is 15.6. The molecule has 2 amide bonds. The summed E-state index contributed by atoms with van der Waals surface area (Å²) < 4.78 is 10.9. The SMILES string of the molecule is O=C(NC1CCCCC1)N(CCCN1CCOCC1)C1CCOCC1. The molecule has 2 aliphatic heterocycles. The van der Waals surface area contributed by atoms with Gasteiger partial charge in [0.15, 0.2) is 0 Å². The van der Waals surface area contributed by atoms with Crippen LogP contribution >= 0.6 is 0 Å². The van der Waals surface area contributed by atoms with Gasteiger partial charge >= 0.3 is 6.03 Å². The van der Waals surface area contributed by atoms with E-state index in [1.54, 1.807) is 0 Å². The van der Waals surface area contributed by atoms with Gasteiger partial charge in [0.1, 0.15) is 0 Å². The minimum Gasteiger partial charge on any atom is -0.381 e. The molecule has 3 aliphatic rings. The fraction of sp³-hybridized carbons (Fsp3) is 0.947. The molecule has 0 aromatic carbocycles. The standard InChI is InChI=1S/C19H35N3O3/c23-19(20-17-5-2-1-3-6-17)22(18-7-13-24-14-8-18)10-4-9-21-11-15-25-16-12-21/h17-18H,1-16H2,(H,20,23). The highest BCUT2D eigenvalue weighted by atomic mass is 16.5. The van der Waals surface area contributed by atoms with Crippen LogP contribution in [0.2, 0.25) is 0 Å². The van der Waals surface area contributed by atoms with Gasteiger partial charge in [0.25, 0.3) is 0 Å². The molecule has 3 rings (SSSR count). The molecule has 0 atom stereocenters. The number of amides is 2. The summed E-state index contributed by atoms with van der Waals surface area (Å²) in [4.78, 5) is 17.5. The summed E-state index contributed by atoms with van der Waals surface area (Å²) in [5, 5.41) is 3.32. The van der Waals surface area contributed by atoms with Crippen LogP contribution in [0.4, 0.5) is 4.79 Å². The van der Waals surface area contributed by atoms with E-state index in [0.29, 0.717) is 12.1 Å². The maximum atomic E-state index is 12.9.